The summed E-state index contributed by atoms with van der Waals surface area (Å²) in [5, 5.41) is 21.2. The van der Waals surface area contributed by atoms with Gasteiger partial charge in [-0.1, -0.05) is 0 Å². The predicted molar refractivity (Wildman–Crippen MR) is 54.7 cm³/mol. The molecule has 0 saturated heterocycles. The fourth-order valence-electron chi connectivity index (χ4n) is 1.57. The molecule has 1 fully saturated rings. The summed E-state index contributed by atoms with van der Waals surface area (Å²) in [6.07, 6.45) is 1.98. The van der Waals surface area contributed by atoms with Gasteiger partial charge in [0, 0.05) is 7.11 Å². The number of carboxylic acid groups (broad SMARTS) is 1. The van der Waals surface area contributed by atoms with Crippen molar-refractivity contribution >= 4 is 5.97 Å². The van der Waals surface area contributed by atoms with Crippen LogP contribution < -0.4 is 5.32 Å². The Labute approximate surface area is 89.4 Å². The van der Waals surface area contributed by atoms with Gasteiger partial charge in [-0.05, 0) is 31.7 Å². The first-order valence-electron chi connectivity index (χ1n) is 5.28. The maximum Gasteiger partial charge on any atom is 0.320 e. The molecule has 1 aliphatic carbocycles. The van der Waals surface area contributed by atoms with Crippen molar-refractivity contribution in [2.75, 3.05) is 20.3 Å². The summed E-state index contributed by atoms with van der Waals surface area (Å²) in [7, 11) is 1.53. The normalized spacial score (nSPS) is 19.9. The van der Waals surface area contributed by atoms with Gasteiger partial charge >= 0.3 is 5.97 Å². The fraction of sp³-hybridized carbons (Fsp3) is 0.900. The van der Waals surface area contributed by atoms with Crippen LogP contribution in [0.4, 0.5) is 0 Å². The van der Waals surface area contributed by atoms with Gasteiger partial charge in [-0.15, -0.1) is 0 Å². The molecule has 1 rings (SSSR count). The lowest BCUT2D eigenvalue weighted by Gasteiger charge is -2.15. The molecule has 0 radical (unpaired) electrons. The zero-order chi connectivity index (χ0) is 11.3. The third-order valence-corrected chi connectivity index (χ3v) is 2.56. The Kier molecular flexibility index (Phi) is 5.01. The second-order valence-electron chi connectivity index (χ2n) is 4.01. The molecule has 15 heavy (non-hydrogen) atoms. The van der Waals surface area contributed by atoms with E-state index in [0.29, 0.717) is 19.6 Å². The van der Waals surface area contributed by atoms with Crippen LogP contribution in [0.25, 0.3) is 0 Å². The zero-order valence-electron chi connectivity index (χ0n) is 8.98. The van der Waals surface area contributed by atoms with Crippen LogP contribution in [0, 0.1) is 5.92 Å². The van der Waals surface area contributed by atoms with Gasteiger partial charge in [0.1, 0.15) is 6.04 Å². The number of methoxy groups -OCH3 is 1. The maximum absolute atomic E-state index is 10.8. The number of ether oxygens (including phenoxy) is 1. The molecule has 0 bridgehead atoms. The molecule has 0 amide bonds. The molecule has 2 unspecified atom stereocenters. The van der Waals surface area contributed by atoms with Gasteiger partial charge in [0.25, 0.3) is 0 Å². The van der Waals surface area contributed by atoms with Gasteiger partial charge in [0.05, 0.1) is 12.7 Å². The average Bonchev–Trinajstić information content (AvgIpc) is 2.95. The van der Waals surface area contributed by atoms with Crippen molar-refractivity contribution in [1.82, 2.24) is 5.32 Å². The molecular weight excluding hydrogens is 198 g/mol. The molecule has 1 saturated carbocycles. The summed E-state index contributed by atoms with van der Waals surface area (Å²) < 4.78 is 4.77. The van der Waals surface area contributed by atoms with Gasteiger partial charge in [-0.25, -0.2) is 0 Å². The number of nitrogens with one attached hydrogen (secondary N) is 1. The van der Waals surface area contributed by atoms with Crippen molar-refractivity contribution in [1.29, 1.82) is 0 Å². The van der Waals surface area contributed by atoms with Gasteiger partial charge in [-0.3, -0.25) is 4.79 Å². The number of hydrogen-bond acceptors (Lipinski definition) is 4. The largest absolute Gasteiger partial charge is 0.480 e. The summed E-state index contributed by atoms with van der Waals surface area (Å²) in [5.41, 5.74) is 0. The van der Waals surface area contributed by atoms with Crippen molar-refractivity contribution in [2.45, 2.75) is 31.4 Å². The van der Waals surface area contributed by atoms with Gasteiger partial charge in [0.2, 0.25) is 0 Å². The Balaban J connectivity index is 2.14. The number of rotatable bonds is 8. The Hall–Kier alpha value is -0.650. The van der Waals surface area contributed by atoms with Gasteiger partial charge < -0.3 is 20.3 Å². The molecule has 5 nitrogen and oxygen atoms in total. The van der Waals surface area contributed by atoms with E-state index in [9.17, 15) is 9.90 Å². The van der Waals surface area contributed by atoms with E-state index in [4.69, 9.17) is 9.84 Å². The zero-order valence-corrected chi connectivity index (χ0v) is 8.98. The summed E-state index contributed by atoms with van der Waals surface area (Å²) in [4.78, 5) is 10.8. The molecule has 0 heterocycles. The first kappa shape index (κ1) is 12.4. The number of hydrogen-bond donors (Lipinski definition) is 3. The van der Waals surface area contributed by atoms with E-state index in [1.165, 1.54) is 7.11 Å². The number of aliphatic carboxylic acids is 1. The van der Waals surface area contributed by atoms with Crippen LogP contribution in [0.2, 0.25) is 0 Å². The molecule has 0 aromatic carbocycles. The number of carboxylic acids is 1. The molecule has 0 aliphatic heterocycles. The van der Waals surface area contributed by atoms with Crippen LogP contribution in [0.1, 0.15) is 19.3 Å². The Morgan fingerprint density at radius 3 is 2.73 bits per heavy atom. The minimum atomic E-state index is -0.793. The number of aliphatic hydroxyl groups is 1. The summed E-state index contributed by atoms with van der Waals surface area (Å²) in [6.45, 7) is 0.806. The van der Waals surface area contributed by atoms with Crippen LogP contribution in [0.3, 0.4) is 0 Å². The highest BCUT2D eigenvalue weighted by molar-refractivity contribution is 5.74. The van der Waals surface area contributed by atoms with Crippen molar-refractivity contribution in [3.8, 4) is 0 Å². The maximum atomic E-state index is 10.8. The minimum absolute atomic E-state index is 0.280. The molecule has 0 spiro atoms. The summed E-state index contributed by atoms with van der Waals surface area (Å²) >= 11 is 0. The molecule has 5 heteroatoms. The van der Waals surface area contributed by atoms with Crippen molar-refractivity contribution in [3.63, 3.8) is 0 Å². The van der Waals surface area contributed by atoms with Gasteiger partial charge in [-0.2, -0.15) is 0 Å². The van der Waals surface area contributed by atoms with Gasteiger partial charge in [0.15, 0.2) is 0 Å². The minimum Gasteiger partial charge on any atom is -0.480 e. The molecule has 1 aliphatic rings. The van der Waals surface area contributed by atoms with Crippen LogP contribution in [0.5, 0.6) is 0 Å². The highest BCUT2D eigenvalue weighted by atomic mass is 16.5. The molecule has 3 N–H and O–H groups in total. The van der Waals surface area contributed by atoms with E-state index in [-0.39, 0.29) is 5.92 Å². The van der Waals surface area contributed by atoms with E-state index in [2.05, 4.69) is 5.32 Å². The smallest absolute Gasteiger partial charge is 0.320 e. The van der Waals surface area contributed by atoms with Crippen LogP contribution in [-0.4, -0.2) is 48.6 Å². The third kappa shape index (κ3) is 4.59. The predicted octanol–water partition coefficient (Wildman–Crippen LogP) is -0.163. The number of carbonyl (C=O) groups is 1. The lowest BCUT2D eigenvalue weighted by Crippen LogP contribution is -2.40. The lowest BCUT2D eigenvalue weighted by atomic mass is 10.1. The highest BCUT2D eigenvalue weighted by Crippen LogP contribution is 2.32. The highest BCUT2D eigenvalue weighted by Gasteiger charge is 2.35. The lowest BCUT2D eigenvalue weighted by molar-refractivity contribution is -0.140. The van der Waals surface area contributed by atoms with Crippen molar-refractivity contribution in [3.05, 3.63) is 0 Å². The Morgan fingerprint density at radius 2 is 2.27 bits per heavy atom. The third-order valence-electron chi connectivity index (χ3n) is 2.56. The fourth-order valence-corrected chi connectivity index (χ4v) is 1.57. The van der Waals surface area contributed by atoms with Crippen LogP contribution >= 0.6 is 0 Å². The monoisotopic (exact) mass is 217 g/mol. The summed E-state index contributed by atoms with van der Waals surface area (Å²) in [5.74, 6) is -0.513. The Morgan fingerprint density at radius 1 is 1.60 bits per heavy atom. The molecule has 0 aromatic rings. The molecule has 88 valence electrons. The SMILES string of the molecule is COCC(O)CCNC(C(=O)O)C1CC1. The second kappa shape index (κ2) is 6.05. The van der Waals surface area contributed by atoms with Crippen LogP contribution in [0.15, 0.2) is 0 Å². The quantitative estimate of drug-likeness (QED) is 0.526. The molecular formula is C10H19NO4. The van der Waals surface area contributed by atoms with E-state index in [1.54, 1.807) is 0 Å². The number of aliphatic hydroxyl groups excluding tert-OH is 1. The van der Waals surface area contributed by atoms with E-state index < -0.39 is 18.1 Å². The Bertz CT molecular complexity index is 206. The van der Waals surface area contributed by atoms with E-state index in [0.717, 1.165) is 12.8 Å². The first-order chi connectivity index (χ1) is 7.15. The van der Waals surface area contributed by atoms with Crippen molar-refractivity contribution in [2.24, 2.45) is 5.92 Å². The molecule has 0 aromatic heterocycles. The van der Waals surface area contributed by atoms with Crippen LogP contribution in [-0.2, 0) is 9.53 Å². The second-order valence-corrected chi connectivity index (χ2v) is 4.01. The average molecular weight is 217 g/mol. The molecule has 2 atom stereocenters. The topological polar surface area (TPSA) is 78.8 Å². The van der Waals surface area contributed by atoms with Crippen molar-refractivity contribution < 1.29 is 19.7 Å². The summed E-state index contributed by atoms with van der Waals surface area (Å²) in [6, 6.07) is -0.445. The standard InChI is InChI=1S/C10H19NO4/c1-15-6-8(12)4-5-11-9(10(13)14)7-2-3-7/h7-9,11-12H,2-6H2,1H3,(H,13,14). The van der Waals surface area contributed by atoms with E-state index >= 15 is 0 Å². The first-order valence-corrected chi connectivity index (χ1v) is 5.28. The van der Waals surface area contributed by atoms with E-state index in [1.807, 2.05) is 0 Å².